The normalized spacial score (nSPS) is 10.8. The molecular weight excluding hydrogens is 424 g/mol. The van der Waals surface area contributed by atoms with Crippen molar-refractivity contribution < 1.29 is 24.1 Å². The van der Waals surface area contributed by atoms with Crippen LogP contribution in [-0.2, 0) is 0 Å². The summed E-state index contributed by atoms with van der Waals surface area (Å²) in [6, 6.07) is 16.6. The minimum Gasteiger partial charge on any atom is -0.493 e. The third kappa shape index (κ3) is 3.61. The molecule has 8 nitrogen and oxygen atoms in total. The standard InChI is InChI=1S/C25H22N2O6/c1-31-19-12-14(13-20(32-2)23(19)33-3)21-17-6-4-5-7-18(17)24(28)27(22(21)25(29)30)16-10-8-15(26)9-11-16/h4-13H,26H2,1-3H3,(H,29,30). The number of pyridine rings is 1. The lowest BCUT2D eigenvalue weighted by Gasteiger charge is -2.19. The molecule has 0 fully saturated rings. The van der Waals surface area contributed by atoms with Crippen molar-refractivity contribution in [1.29, 1.82) is 0 Å². The first-order valence-corrected chi connectivity index (χ1v) is 9.98. The number of rotatable bonds is 6. The molecule has 1 heterocycles. The smallest absolute Gasteiger partial charge is 0.353 e. The lowest BCUT2D eigenvalue weighted by Crippen LogP contribution is -2.26. The number of ether oxygens (including phenoxy) is 3. The van der Waals surface area contributed by atoms with Crippen LogP contribution in [0.1, 0.15) is 10.5 Å². The maximum absolute atomic E-state index is 13.5. The van der Waals surface area contributed by atoms with Crippen LogP contribution in [0, 0.1) is 0 Å². The summed E-state index contributed by atoms with van der Waals surface area (Å²) in [7, 11) is 4.44. The van der Waals surface area contributed by atoms with E-state index in [-0.39, 0.29) is 5.69 Å². The summed E-state index contributed by atoms with van der Waals surface area (Å²) in [6.07, 6.45) is 0. The lowest BCUT2D eigenvalue weighted by molar-refractivity contribution is 0.0688. The third-order valence-corrected chi connectivity index (χ3v) is 5.40. The molecule has 3 N–H and O–H groups in total. The van der Waals surface area contributed by atoms with Crippen molar-refractivity contribution in [2.45, 2.75) is 0 Å². The Hall–Kier alpha value is -4.46. The number of fused-ring (bicyclic) bond motifs is 1. The second-order valence-electron chi connectivity index (χ2n) is 7.22. The molecule has 1 aromatic heterocycles. The Balaban J connectivity index is 2.21. The number of carboxylic acids is 1. The van der Waals surface area contributed by atoms with Crippen LogP contribution in [0.3, 0.4) is 0 Å². The summed E-state index contributed by atoms with van der Waals surface area (Å²) in [5, 5.41) is 11.1. The van der Waals surface area contributed by atoms with E-state index < -0.39 is 11.5 Å². The summed E-state index contributed by atoms with van der Waals surface area (Å²) in [6.45, 7) is 0. The van der Waals surface area contributed by atoms with Gasteiger partial charge in [-0.2, -0.15) is 0 Å². The van der Waals surface area contributed by atoms with Crippen LogP contribution in [0.4, 0.5) is 5.69 Å². The SMILES string of the molecule is COc1cc(-c2c(C(=O)O)n(-c3ccc(N)cc3)c(=O)c3ccccc23)cc(OC)c1OC. The summed E-state index contributed by atoms with van der Waals surface area (Å²) in [4.78, 5) is 26.1. The Labute approximate surface area is 189 Å². The largest absolute Gasteiger partial charge is 0.493 e. The predicted octanol–water partition coefficient (Wildman–Crippen LogP) is 3.96. The first-order valence-electron chi connectivity index (χ1n) is 9.98. The zero-order valence-corrected chi connectivity index (χ0v) is 18.3. The first-order chi connectivity index (χ1) is 15.9. The molecule has 8 heteroatoms. The van der Waals surface area contributed by atoms with Gasteiger partial charge in [-0.1, -0.05) is 18.2 Å². The maximum Gasteiger partial charge on any atom is 0.353 e. The number of aromatic nitrogens is 1. The fourth-order valence-corrected chi connectivity index (χ4v) is 3.94. The van der Waals surface area contributed by atoms with Gasteiger partial charge in [0.2, 0.25) is 5.75 Å². The maximum atomic E-state index is 13.5. The molecule has 0 saturated carbocycles. The van der Waals surface area contributed by atoms with Gasteiger partial charge >= 0.3 is 5.97 Å². The highest BCUT2D eigenvalue weighted by Crippen LogP contribution is 2.43. The van der Waals surface area contributed by atoms with Gasteiger partial charge in [0.05, 0.1) is 21.3 Å². The van der Waals surface area contributed by atoms with E-state index in [1.165, 1.54) is 25.9 Å². The Kier molecular flexibility index (Phi) is 5.66. The molecule has 0 saturated heterocycles. The average molecular weight is 446 g/mol. The lowest BCUT2D eigenvalue weighted by atomic mass is 9.95. The number of benzene rings is 3. The molecule has 4 rings (SSSR count). The van der Waals surface area contributed by atoms with Crippen LogP contribution in [0.5, 0.6) is 17.2 Å². The van der Waals surface area contributed by atoms with Crippen LogP contribution in [0.25, 0.3) is 27.6 Å². The van der Waals surface area contributed by atoms with Gasteiger partial charge in [-0.15, -0.1) is 0 Å². The summed E-state index contributed by atoms with van der Waals surface area (Å²) >= 11 is 0. The zero-order valence-electron chi connectivity index (χ0n) is 18.3. The minimum absolute atomic E-state index is 0.197. The Morgan fingerprint density at radius 3 is 1.97 bits per heavy atom. The average Bonchev–Trinajstić information content (AvgIpc) is 2.83. The van der Waals surface area contributed by atoms with Crippen molar-refractivity contribution in [3.05, 3.63) is 76.7 Å². The molecule has 0 aliphatic heterocycles. The van der Waals surface area contributed by atoms with E-state index >= 15 is 0 Å². The summed E-state index contributed by atoms with van der Waals surface area (Å²) in [5.41, 5.74) is 6.85. The Morgan fingerprint density at radius 1 is 0.879 bits per heavy atom. The number of nitrogen functional groups attached to an aromatic ring is 1. The molecule has 0 radical (unpaired) electrons. The number of nitrogens with two attached hydrogens (primary N) is 1. The third-order valence-electron chi connectivity index (χ3n) is 5.40. The van der Waals surface area contributed by atoms with Crippen molar-refractivity contribution in [1.82, 2.24) is 4.57 Å². The number of aromatic carboxylic acids is 1. The zero-order chi connectivity index (χ0) is 23.7. The van der Waals surface area contributed by atoms with Gasteiger partial charge in [-0.25, -0.2) is 4.79 Å². The highest BCUT2D eigenvalue weighted by Gasteiger charge is 2.26. The molecule has 0 unspecified atom stereocenters. The van der Waals surface area contributed by atoms with Crippen molar-refractivity contribution in [2.24, 2.45) is 0 Å². The van der Waals surface area contributed by atoms with Gasteiger partial charge in [0, 0.05) is 22.3 Å². The van der Waals surface area contributed by atoms with Crippen molar-refractivity contribution in [3.8, 4) is 34.1 Å². The van der Waals surface area contributed by atoms with Crippen LogP contribution in [-0.4, -0.2) is 37.0 Å². The number of carbonyl (C=O) groups is 1. The number of nitrogens with zero attached hydrogens (tertiary/aromatic N) is 1. The highest BCUT2D eigenvalue weighted by atomic mass is 16.5. The Morgan fingerprint density at radius 2 is 1.45 bits per heavy atom. The molecule has 168 valence electrons. The number of hydrogen-bond acceptors (Lipinski definition) is 6. The molecular formula is C25H22N2O6. The number of methoxy groups -OCH3 is 3. The highest BCUT2D eigenvalue weighted by molar-refractivity contribution is 6.07. The summed E-state index contributed by atoms with van der Waals surface area (Å²) in [5.74, 6) is -0.176. The van der Waals surface area contributed by atoms with Gasteiger partial charge in [-0.3, -0.25) is 9.36 Å². The van der Waals surface area contributed by atoms with Crippen molar-refractivity contribution in [2.75, 3.05) is 27.1 Å². The number of carboxylic acid groups (broad SMARTS) is 1. The monoisotopic (exact) mass is 446 g/mol. The Bertz CT molecular complexity index is 1400. The molecule has 0 amide bonds. The molecule has 33 heavy (non-hydrogen) atoms. The van der Waals surface area contributed by atoms with E-state index in [1.807, 2.05) is 0 Å². The van der Waals surface area contributed by atoms with Crippen molar-refractivity contribution >= 4 is 22.4 Å². The fraction of sp³-hybridized carbons (Fsp3) is 0.120. The van der Waals surface area contributed by atoms with Crippen LogP contribution in [0.15, 0.2) is 65.5 Å². The molecule has 0 aliphatic carbocycles. The second-order valence-corrected chi connectivity index (χ2v) is 7.22. The van der Waals surface area contributed by atoms with Crippen LogP contribution in [0.2, 0.25) is 0 Å². The van der Waals surface area contributed by atoms with E-state index in [1.54, 1.807) is 60.7 Å². The minimum atomic E-state index is -1.27. The van der Waals surface area contributed by atoms with Gasteiger partial charge in [0.15, 0.2) is 11.5 Å². The molecule has 0 bridgehead atoms. The van der Waals surface area contributed by atoms with Crippen LogP contribution >= 0.6 is 0 Å². The summed E-state index contributed by atoms with van der Waals surface area (Å²) < 4.78 is 17.5. The number of hydrogen-bond donors (Lipinski definition) is 2. The molecule has 0 spiro atoms. The van der Waals surface area contributed by atoms with Crippen LogP contribution < -0.4 is 25.5 Å². The molecule has 0 atom stereocenters. The quantitative estimate of drug-likeness (QED) is 0.431. The predicted molar refractivity (Wildman–Crippen MR) is 126 cm³/mol. The molecule has 3 aromatic carbocycles. The van der Waals surface area contributed by atoms with Crippen molar-refractivity contribution in [3.63, 3.8) is 0 Å². The number of anilines is 1. The van der Waals surface area contributed by atoms with E-state index in [2.05, 4.69) is 0 Å². The molecule has 4 aromatic rings. The second kappa shape index (κ2) is 8.58. The van der Waals surface area contributed by atoms with E-state index in [0.717, 1.165) is 0 Å². The topological polar surface area (TPSA) is 113 Å². The first kappa shape index (κ1) is 21.8. The van der Waals surface area contributed by atoms with Gasteiger partial charge in [0.1, 0.15) is 5.69 Å². The fourth-order valence-electron chi connectivity index (χ4n) is 3.94. The van der Waals surface area contributed by atoms with Gasteiger partial charge in [-0.05, 0) is 53.4 Å². The van der Waals surface area contributed by atoms with Gasteiger partial charge < -0.3 is 25.1 Å². The molecule has 0 aliphatic rings. The van der Waals surface area contributed by atoms with E-state index in [9.17, 15) is 14.7 Å². The van der Waals surface area contributed by atoms with Gasteiger partial charge in [0.25, 0.3) is 5.56 Å². The van der Waals surface area contributed by atoms with E-state index in [4.69, 9.17) is 19.9 Å². The van der Waals surface area contributed by atoms with E-state index in [0.29, 0.717) is 50.5 Å².